The minimum Gasteiger partial charge on any atom is -0.375 e. The third-order valence-electron chi connectivity index (χ3n) is 3.17. The molecule has 0 bridgehead atoms. The van der Waals surface area contributed by atoms with Crippen LogP contribution in [-0.4, -0.2) is 16.5 Å². The molecule has 0 amide bonds. The molecule has 0 saturated heterocycles. The van der Waals surface area contributed by atoms with Gasteiger partial charge in [0, 0.05) is 36.3 Å². The fourth-order valence-electron chi connectivity index (χ4n) is 2.34. The molecule has 0 fully saturated rings. The maximum Gasteiger partial charge on any atom is 0.0579 e. The Kier molecular flexibility index (Phi) is 1.66. The lowest BCUT2D eigenvalue weighted by Gasteiger charge is -2.19. The van der Waals surface area contributed by atoms with Crippen LogP contribution in [0.3, 0.4) is 0 Å². The highest BCUT2D eigenvalue weighted by Crippen LogP contribution is 2.29. The van der Waals surface area contributed by atoms with Crippen molar-refractivity contribution < 1.29 is 0 Å². The van der Waals surface area contributed by atoms with Crippen LogP contribution in [-0.2, 0) is 13.6 Å². The summed E-state index contributed by atoms with van der Waals surface area (Å²) >= 11 is 0. The van der Waals surface area contributed by atoms with Gasteiger partial charge in [0.05, 0.1) is 6.54 Å². The molecule has 2 heteroatoms. The molecule has 1 aromatic carbocycles. The molecule has 1 aliphatic heterocycles. The molecule has 0 atom stereocenters. The van der Waals surface area contributed by atoms with Crippen LogP contribution in [0.25, 0.3) is 17.0 Å². The molecule has 0 spiro atoms. The zero-order valence-electron chi connectivity index (χ0n) is 9.07. The van der Waals surface area contributed by atoms with Crippen molar-refractivity contribution in [1.29, 1.82) is 0 Å². The average molecular weight is 198 g/mol. The minimum atomic E-state index is 0.997. The van der Waals surface area contributed by atoms with Gasteiger partial charge in [-0.25, -0.2) is 0 Å². The van der Waals surface area contributed by atoms with Crippen LogP contribution in [0, 0.1) is 0 Å². The molecule has 3 rings (SSSR count). The maximum absolute atomic E-state index is 2.30. The Morgan fingerprint density at radius 3 is 2.80 bits per heavy atom. The highest BCUT2D eigenvalue weighted by molar-refractivity contribution is 5.91. The van der Waals surface area contributed by atoms with Crippen LogP contribution in [0.15, 0.2) is 30.5 Å². The van der Waals surface area contributed by atoms with E-state index in [0.717, 1.165) is 6.54 Å². The second-order valence-corrected chi connectivity index (χ2v) is 4.17. The van der Waals surface area contributed by atoms with E-state index in [1.54, 1.807) is 0 Å². The van der Waals surface area contributed by atoms with Crippen molar-refractivity contribution in [2.75, 3.05) is 7.05 Å². The number of hydrogen-bond acceptors (Lipinski definition) is 1. The summed E-state index contributed by atoms with van der Waals surface area (Å²) in [4.78, 5) is 2.21. The van der Waals surface area contributed by atoms with Crippen LogP contribution in [0.5, 0.6) is 0 Å². The predicted octanol–water partition coefficient (Wildman–Crippen LogP) is 2.59. The van der Waals surface area contributed by atoms with Crippen LogP contribution in [0.2, 0.25) is 0 Å². The first kappa shape index (κ1) is 8.60. The number of aryl methyl sites for hydroxylation is 1. The van der Waals surface area contributed by atoms with Crippen LogP contribution in [0.1, 0.15) is 11.3 Å². The molecule has 0 aliphatic carbocycles. The number of hydrogen-bond donors (Lipinski definition) is 0. The highest BCUT2D eigenvalue weighted by Gasteiger charge is 2.16. The van der Waals surface area contributed by atoms with Gasteiger partial charge in [0.25, 0.3) is 0 Å². The molecule has 15 heavy (non-hydrogen) atoms. The summed E-state index contributed by atoms with van der Waals surface area (Å²) < 4.78 is 2.30. The standard InChI is InChI=1S/C13H14N2/c1-14-8-7-11-10-5-3-4-6-12(10)15(2)13(11)9-14/h3-8H,9H2,1-2H3. The van der Waals surface area contributed by atoms with Crippen LogP contribution < -0.4 is 0 Å². The largest absolute Gasteiger partial charge is 0.375 e. The van der Waals surface area contributed by atoms with Gasteiger partial charge in [-0.1, -0.05) is 18.2 Å². The van der Waals surface area contributed by atoms with E-state index in [4.69, 9.17) is 0 Å². The van der Waals surface area contributed by atoms with E-state index < -0.39 is 0 Å². The smallest absolute Gasteiger partial charge is 0.0579 e. The number of aromatic nitrogens is 1. The predicted molar refractivity (Wildman–Crippen MR) is 63.4 cm³/mol. The van der Waals surface area contributed by atoms with Crippen molar-refractivity contribution in [3.8, 4) is 0 Å². The Bertz CT molecular complexity index is 549. The Hall–Kier alpha value is -1.70. The molecule has 1 aromatic heterocycles. The zero-order valence-corrected chi connectivity index (χ0v) is 9.07. The van der Waals surface area contributed by atoms with E-state index >= 15 is 0 Å². The van der Waals surface area contributed by atoms with Gasteiger partial charge in [0.2, 0.25) is 0 Å². The van der Waals surface area contributed by atoms with Crippen LogP contribution in [0.4, 0.5) is 0 Å². The molecule has 76 valence electrons. The topological polar surface area (TPSA) is 8.17 Å². The molecule has 0 unspecified atom stereocenters. The quantitative estimate of drug-likeness (QED) is 0.631. The van der Waals surface area contributed by atoms with Gasteiger partial charge in [-0.05, 0) is 18.3 Å². The molecule has 1 aliphatic rings. The highest BCUT2D eigenvalue weighted by atomic mass is 15.1. The molecule has 2 aromatic rings. The Labute approximate surface area is 89.4 Å². The summed E-state index contributed by atoms with van der Waals surface area (Å²) in [6, 6.07) is 8.58. The van der Waals surface area contributed by atoms with Crippen molar-refractivity contribution in [3.05, 3.63) is 41.7 Å². The van der Waals surface area contributed by atoms with Gasteiger partial charge in [-0.15, -0.1) is 0 Å². The van der Waals surface area contributed by atoms with E-state index in [-0.39, 0.29) is 0 Å². The van der Waals surface area contributed by atoms with Gasteiger partial charge in [0.1, 0.15) is 0 Å². The average Bonchev–Trinajstić information content (AvgIpc) is 2.54. The van der Waals surface area contributed by atoms with Gasteiger partial charge >= 0.3 is 0 Å². The van der Waals surface area contributed by atoms with Gasteiger partial charge in [-0.2, -0.15) is 0 Å². The molecular formula is C13H14N2. The van der Waals surface area contributed by atoms with E-state index in [0.29, 0.717) is 0 Å². The molecule has 0 saturated carbocycles. The molecule has 0 radical (unpaired) electrons. The summed E-state index contributed by atoms with van der Waals surface area (Å²) in [6.45, 7) is 0.997. The van der Waals surface area contributed by atoms with Crippen LogP contribution >= 0.6 is 0 Å². The van der Waals surface area contributed by atoms with E-state index in [1.165, 1.54) is 22.2 Å². The monoisotopic (exact) mass is 198 g/mol. The first-order valence-electron chi connectivity index (χ1n) is 5.22. The number of para-hydroxylation sites is 1. The number of nitrogens with zero attached hydrogens (tertiary/aromatic N) is 2. The number of benzene rings is 1. The van der Waals surface area contributed by atoms with E-state index in [1.807, 2.05) is 0 Å². The zero-order chi connectivity index (χ0) is 10.4. The first-order chi connectivity index (χ1) is 7.27. The number of fused-ring (bicyclic) bond motifs is 3. The lowest BCUT2D eigenvalue weighted by molar-refractivity contribution is 0.434. The summed E-state index contributed by atoms with van der Waals surface area (Å²) in [5, 5.41) is 1.36. The summed E-state index contributed by atoms with van der Waals surface area (Å²) in [7, 11) is 4.26. The Morgan fingerprint density at radius 1 is 1.13 bits per heavy atom. The van der Waals surface area contributed by atoms with Crippen molar-refractivity contribution in [3.63, 3.8) is 0 Å². The molecular weight excluding hydrogens is 184 g/mol. The third-order valence-corrected chi connectivity index (χ3v) is 3.17. The number of rotatable bonds is 0. The van der Waals surface area contributed by atoms with Crippen molar-refractivity contribution in [2.24, 2.45) is 7.05 Å². The van der Waals surface area contributed by atoms with E-state index in [9.17, 15) is 0 Å². The van der Waals surface area contributed by atoms with Gasteiger partial charge in [0.15, 0.2) is 0 Å². The first-order valence-corrected chi connectivity index (χ1v) is 5.22. The van der Waals surface area contributed by atoms with Crippen molar-refractivity contribution >= 4 is 17.0 Å². The fourth-order valence-corrected chi connectivity index (χ4v) is 2.34. The maximum atomic E-state index is 2.30. The Morgan fingerprint density at radius 2 is 1.93 bits per heavy atom. The normalized spacial score (nSPS) is 14.7. The second kappa shape index (κ2) is 2.89. The minimum absolute atomic E-state index is 0.997. The van der Waals surface area contributed by atoms with Gasteiger partial charge in [-0.3, -0.25) is 0 Å². The molecule has 2 nitrogen and oxygen atoms in total. The van der Waals surface area contributed by atoms with Crippen molar-refractivity contribution in [2.45, 2.75) is 6.54 Å². The Balaban J connectivity index is 2.39. The summed E-state index contributed by atoms with van der Waals surface area (Å²) in [6.07, 6.45) is 4.36. The second-order valence-electron chi connectivity index (χ2n) is 4.17. The lowest BCUT2D eigenvalue weighted by atomic mass is 10.1. The van der Waals surface area contributed by atoms with Crippen molar-refractivity contribution in [1.82, 2.24) is 9.47 Å². The SMILES string of the molecule is CN1C=Cc2c(n(C)c3ccccc23)C1. The fraction of sp³-hybridized carbons (Fsp3) is 0.231. The summed E-state index contributed by atoms with van der Waals surface area (Å²) in [5.74, 6) is 0. The van der Waals surface area contributed by atoms with Gasteiger partial charge < -0.3 is 9.47 Å². The third kappa shape index (κ3) is 1.11. The molecule has 2 heterocycles. The van der Waals surface area contributed by atoms with E-state index in [2.05, 4.69) is 60.1 Å². The molecule has 0 N–H and O–H groups in total. The summed E-state index contributed by atoms with van der Waals surface area (Å²) in [5.41, 5.74) is 4.11. The lowest BCUT2D eigenvalue weighted by Crippen LogP contribution is -2.16.